The van der Waals surface area contributed by atoms with Gasteiger partial charge in [0.25, 0.3) is 0 Å². The first-order valence-corrected chi connectivity index (χ1v) is 5.00. The summed E-state index contributed by atoms with van der Waals surface area (Å²) in [4.78, 5) is 2.12. The Morgan fingerprint density at radius 1 is 1.40 bits per heavy atom. The van der Waals surface area contributed by atoms with Crippen molar-refractivity contribution in [2.24, 2.45) is 0 Å². The van der Waals surface area contributed by atoms with Gasteiger partial charge in [-0.15, -0.1) is 0 Å². The maximum Gasteiger partial charge on any atom is 0.143 e. The van der Waals surface area contributed by atoms with Gasteiger partial charge in [-0.2, -0.15) is 5.26 Å². The van der Waals surface area contributed by atoms with Gasteiger partial charge in [0, 0.05) is 12.6 Å². The van der Waals surface area contributed by atoms with Crippen LogP contribution in [0.25, 0.3) is 0 Å². The van der Waals surface area contributed by atoms with Gasteiger partial charge in [-0.25, -0.2) is 0 Å². The van der Waals surface area contributed by atoms with E-state index in [0.717, 1.165) is 30.0 Å². The Morgan fingerprint density at radius 3 is 3.20 bits per heavy atom. The van der Waals surface area contributed by atoms with Gasteiger partial charge in [-0.05, 0) is 11.6 Å². The minimum Gasteiger partial charge on any atom is -0.490 e. The summed E-state index contributed by atoms with van der Waals surface area (Å²) < 4.78 is 5.59. The molecule has 15 heavy (non-hydrogen) atoms. The smallest absolute Gasteiger partial charge is 0.143 e. The highest BCUT2D eigenvalue weighted by Crippen LogP contribution is 2.38. The van der Waals surface area contributed by atoms with Crippen molar-refractivity contribution in [1.82, 2.24) is 0 Å². The summed E-state index contributed by atoms with van der Waals surface area (Å²) >= 11 is 0. The number of ether oxygens (including phenoxy) is 1. The van der Waals surface area contributed by atoms with Crippen molar-refractivity contribution in [3.8, 4) is 11.8 Å². The van der Waals surface area contributed by atoms with Crippen LogP contribution in [0, 0.1) is 11.3 Å². The maximum absolute atomic E-state index is 8.94. The van der Waals surface area contributed by atoms with Gasteiger partial charge in [-0.3, -0.25) is 0 Å². The maximum atomic E-state index is 8.94. The highest BCUT2D eigenvalue weighted by Gasteiger charge is 2.24. The topological polar surface area (TPSA) is 36.3 Å². The molecule has 0 aliphatic carbocycles. The summed E-state index contributed by atoms with van der Waals surface area (Å²) in [5.41, 5.74) is 3.15. The summed E-state index contributed by atoms with van der Waals surface area (Å²) in [7, 11) is 0. The molecule has 2 aliphatic rings. The molecule has 74 valence electrons. The van der Waals surface area contributed by atoms with Crippen LogP contribution in [0.3, 0.4) is 0 Å². The lowest BCUT2D eigenvalue weighted by Crippen LogP contribution is -2.31. The Bertz CT molecular complexity index is 485. The zero-order valence-electron chi connectivity index (χ0n) is 8.23. The molecule has 0 fully saturated rings. The van der Waals surface area contributed by atoms with Gasteiger partial charge in [-0.1, -0.05) is 12.1 Å². The van der Waals surface area contributed by atoms with Crippen molar-refractivity contribution in [3.05, 3.63) is 35.5 Å². The molecule has 3 nitrogen and oxygen atoms in total. The van der Waals surface area contributed by atoms with Crippen molar-refractivity contribution in [1.29, 1.82) is 5.26 Å². The van der Waals surface area contributed by atoms with E-state index in [4.69, 9.17) is 10.00 Å². The number of hydrogen-bond acceptors (Lipinski definition) is 3. The van der Waals surface area contributed by atoms with Crippen molar-refractivity contribution in [2.75, 3.05) is 18.1 Å². The molecule has 0 bridgehead atoms. The van der Waals surface area contributed by atoms with Crippen molar-refractivity contribution < 1.29 is 4.74 Å². The van der Waals surface area contributed by atoms with E-state index in [1.165, 1.54) is 5.56 Å². The third kappa shape index (κ3) is 1.18. The van der Waals surface area contributed by atoms with E-state index in [-0.39, 0.29) is 0 Å². The summed E-state index contributed by atoms with van der Waals surface area (Å²) in [5, 5.41) is 8.94. The van der Waals surface area contributed by atoms with Crippen LogP contribution in [0.1, 0.15) is 5.56 Å². The molecule has 1 aromatic rings. The Balaban J connectivity index is 2.17. The number of anilines is 1. The monoisotopic (exact) mass is 198 g/mol. The van der Waals surface area contributed by atoms with Crippen LogP contribution in [-0.2, 0) is 6.42 Å². The Hall–Kier alpha value is -1.95. The van der Waals surface area contributed by atoms with Crippen LogP contribution in [0.15, 0.2) is 30.0 Å². The first kappa shape index (κ1) is 8.37. The third-order valence-corrected chi connectivity index (χ3v) is 2.80. The molecule has 0 saturated carbocycles. The first-order chi connectivity index (χ1) is 7.38. The lowest BCUT2D eigenvalue weighted by atomic mass is 9.99. The highest BCUT2D eigenvalue weighted by atomic mass is 16.5. The quantitative estimate of drug-likeness (QED) is 0.638. The Kier molecular flexibility index (Phi) is 1.69. The van der Waals surface area contributed by atoms with Crippen molar-refractivity contribution in [2.45, 2.75) is 6.42 Å². The fraction of sp³-hybridized carbons (Fsp3) is 0.250. The normalized spacial score (nSPS) is 17.3. The number of para-hydroxylation sites is 1. The minimum atomic E-state index is 0.686. The molecule has 2 aliphatic heterocycles. The number of rotatable bonds is 0. The number of allylic oxidation sites excluding steroid dienone is 1. The molecule has 1 aromatic carbocycles. The van der Waals surface area contributed by atoms with Crippen LogP contribution in [0.2, 0.25) is 0 Å². The number of nitriles is 1. The summed E-state index contributed by atoms with van der Waals surface area (Å²) in [5.74, 6) is 0.937. The van der Waals surface area contributed by atoms with E-state index >= 15 is 0 Å². The second-order valence-electron chi connectivity index (χ2n) is 3.75. The van der Waals surface area contributed by atoms with Crippen LogP contribution in [0.5, 0.6) is 5.75 Å². The van der Waals surface area contributed by atoms with Gasteiger partial charge in [0.1, 0.15) is 12.4 Å². The number of hydrogen-bond donors (Lipinski definition) is 0. The molecule has 0 N–H and O–H groups in total. The molecule has 0 atom stereocenters. The summed E-state index contributed by atoms with van der Waals surface area (Å²) in [6, 6.07) is 8.26. The van der Waals surface area contributed by atoms with E-state index in [0.29, 0.717) is 6.61 Å². The summed E-state index contributed by atoms with van der Waals surface area (Å²) in [6.07, 6.45) is 2.66. The minimum absolute atomic E-state index is 0.686. The van der Waals surface area contributed by atoms with E-state index < -0.39 is 0 Å². The van der Waals surface area contributed by atoms with Gasteiger partial charge in [0.2, 0.25) is 0 Å². The molecule has 0 radical (unpaired) electrons. The molecule has 3 heteroatoms. The predicted molar refractivity (Wildman–Crippen MR) is 56.7 cm³/mol. The number of benzene rings is 1. The van der Waals surface area contributed by atoms with Gasteiger partial charge < -0.3 is 9.64 Å². The van der Waals surface area contributed by atoms with Gasteiger partial charge >= 0.3 is 0 Å². The van der Waals surface area contributed by atoms with E-state index in [2.05, 4.69) is 17.0 Å². The average molecular weight is 198 g/mol. The standard InChI is InChI=1S/C12H10N2O/c13-7-9-6-10-2-1-3-11-12(10)14(8-9)4-5-15-11/h1-3,8H,4-6H2. The molecule has 0 saturated heterocycles. The van der Waals surface area contributed by atoms with Gasteiger partial charge in [0.15, 0.2) is 0 Å². The predicted octanol–water partition coefficient (Wildman–Crippen LogP) is 1.85. The second-order valence-corrected chi connectivity index (χ2v) is 3.75. The van der Waals surface area contributed by atoms with Crippen LogP contribution < -0.4 is 9.64 Å². The highest BCUT2D eigenvalue weighted by molar-refractivity contribution is 5.70. The third-order valence-electron chi connectivity index (χ3n) is 2.80. The molecule has 0 spiro atoms. The molecule has 3 rings (SSSR count). The lowest BCUT2D eigenvalue weighted by molar-refractivity contribution is 0.312. The van der Waals surface area contributed by atoms with Crippen LogP contribution >= 0.6 is 0 Å². The Morgan fingerprint density at radius 2 is 2.33 bits per heavy atom. The fourth-order valence-corrected chi connectivity index (χ4v) is 2.16. The largest absolute Gasteiger partial charge is 0.490 e. The zero-order chi connectivity index (χ0) is 10.3. The molecule has 2 heterocycles. The van der Waals surface area contributed by atoms with Crippen molar-refractivity contribution in [3.63, 3.8) is 0 Å². The lowest BCUT2D eigenvalue weighted by Gasteiger charge is -2.33. The van der Waals surface area contributed by atoms with Crippen LogP contribution in [-0.4, -0.2) is 13.2 Å². The Labute approximate surface area is 88.2 Å². The molecular weight excluding hydrogens is 188 g/mol. The molecular formula is C12H10N2O. The first-order valence-electron chi connectivity index (χ1n) is 5.00. The molecule has 0 unspecified atom stereocenters. The van der Waals surface area contributed by atoms with E-state index in [1.54, 1.807) is 0 Å². The molecule has 0 amide bonds. The van der Waals surface area contributed by atoms with Crippen LogP contribution in [0.4, 0.5) is 5.69 Å². The zero-order valence-corrected chi connectivity index (χ0v) is 8.23. The van der Waals surface area contributed by atoms with Crippen molar-refractivity contribution >= 4 is 5.69 Å². The van der Waals surface area contributed by atoms with E-state index in [1.807, 2.05) is 18.3 Å². The molecule has 0 aromatic heterocycles. The fourth-order valence-electron chi connectivity index (χ4n) is 2.16. The van der Waals surface area contributed by atoms with E-state index in [9.17, 15) is 0 Å². The summed E-state index contributed by atoms with van der Waals surface area (Å²) in [6.45, 7) is 1.51. The number of nitrogens with zero attached hydrogens (tertiary/aromatic N) is 2. The average Bonchev–Trinajstić information content (AvgIpc) is 2.29. The second kappa shape index (κ2) is 3.03. The van der Waals surface area contributed by atoms with Gasteiger partial charge in [0.05, 0.1) is 23.9 Å². The SMILES string of the molecule is N#CC1=CN2CCOc3cccc(c32)C1.